The average molecular weight is 316 g/mol. The molecule has 22 heavy (non-hydrogen) atoms. The molecule has 4 nitrogen and oxygen atoms in total. The maximum Gasteiger partial charge on any atom is 0.160 e. The Bertz CT molecular complexity index is 660. The molecule has 0 spiro atoms. The molecule has 0 aliphatic carbocycles. The van der Waals surface area contributed by atoms with Gasteiger partial charge in [0.2, 0.25) is 0 Å². The minimum absolute atomic E-state index is 0.531. The van der Waals surface area contributed by atoms with Gasteiger partial charge in [0.05, 0.1) is 5.37 Å². The van der Waals surface area contributed by atoms with Crippen LogP contribution in [0.25, 0.3) is 11.2 Å². The Morgan fingerprint density at radius 3 is 2.95 bits per heavy atom. The van der Waals surface area contributed by atoms with Gasteiger partial charge in [0.15, 0.2) is 5.65 Å². The normalized spacial score (nSPS) is 26.5. The number of hydrogen-bond acceptors (Lipinski definition) is 4. The zero-order valence-corrected chi connectivity index (χ0v) is 14.2. The van der Waals surface area contributed by atoms with E-state index in [0.29, 0.717) is 17.3 Å². The van der Waals surface area contributed by atoms with Crippen molar-refractivity contribution in [3.8, 4) is 0 Å². The molecule has 2 fully saturated rings. The second kappa shape index (κ2) is 5.85. The van der Waals surface area contributed by atoms with E-state index in [1.807, 2.05) is 12.3 Å². The highest BCUT2D eigenvalue weighted by atomic mass is 32.2. The molecular formula is C17H24N4S. The third kappa shape index (κ3) is 2.44. The van der Waals surface area contributed by atoms with Gasteiger partial charge in [0, 0.05) is 24.7 Å². The molecule has 2 aliphatic rings. The number of pyridine rings is 1. The van der Waals surface area contributed by atoms with Crippen molar-refractivity contribution in [1.29, 1.82) is 0 Å². The molecule has 2 unspecified atom stereocenters. The second-order valence-electron chi connectivity index (χ2n) is 6.73. The smallest absolute Gasteiger partial charge is 0.160 e. The lowest BCUT2D eigenvalue weighted by atomic mass is 10.1. The Balaban J connectivity index is 1.75. The van der Waals surface area contributed by atoms with Gasteiger partial charge in [-0.2, -0.15) is 0 Å². The van der Waals surface area contributed by atoms with Gasteiger partial charge in [-0.05, 0) is 57.5 Å². The first-order valence-corrected chi connectivity index (χ1v) is 9.47. The highest BCUT2D eigenvalue weighted by Gasteiger charge is 2.32. The van der Waals surface area contributed by atoms with E-state index in [1.165, 1.54) is 37.4 Å². The fraction of sp³-hybridized carbons (Fsp3) is 0.647. The van der Waals surface area contributed by atoms with E-state index in [4.69, 9.17) is 4.98 Å². The van der Waals surface area contributed by atoms with Crippen LogP contribution in [-0.4, -0.2) is 44.3 Å². The third-order valence-corrected chi connectivity index (χ3v) is 6.34. The van der Waals surface area contributed by atoms with E-state index < -0.39 is 0 Å². The number of fused-ring (bicyclic) bond motifs is 1. The van der Waals surface area contributed by atoms with Crippen molar-refractivity contribution in [3.05, 3.63) is 24.2 Å². The Labute approximate surface area is 136 Å². The lowest BCUT2D eigenvalue weighted by Crippen LogP contribution is -2.28. The molecule has 0 N–H and O–H groups in total. The van der Waals surface area contributed by atoms with Crippen molar-refractivity contribution in [2.24, 2.45) is 0 Å². The number of rotatable bonds is 3. The first kappa shape index (κ1) is 14.5. The molecule has 0 aromatic carbocycles. The quantitative estimate of drug-likeness (QED) is 0.865. The highest BCUT2D eigenvalue weighted by molar-refractivity contribution is 7.99. The monoisotopic (exact) mass is 316 g/mol. The molecule has 2 aromatic rings. The summed E-state index contributed by atoms with van der Waals surface area (Å²) >= 11 is 2.06. The summed E-state index contributed by atoms with van der Waals surface area (Å²) in [6.45, 7) is 6.91. The van der Waals surface area contributed by atoms with Crippen LogP contribution in [-0.2, 0) is 0 Å². The van der Waals surface area contributed by atoms with Gasteiger partial charge in [0.25, 0.3) is 0 Å². The van der Waals surface area contributed by atoms with Crippen LogP contribution in [0.4, 0.5) is 0 Å². The molecule has 5 heteroatoms. The standard InChI is InChI=1S/C17H24N4S/c1-12(2)20-9-7-13(11-20)16-19-14-5-3-8-18-17(14)21(16)15-6-4-10-22-15/h3,5,8,12-13,15H,4,6-7,9-11H2,1-2H3. The van der Waals surface area contributed by atoms with E-state index in [1.54, 1.807) is 0 Å². The van der Waals surface area contributed by atoms with Gasteiger partial charge in [-0.1, -0.05) is 0 Å². The molecule has 4 heterocycles. The summed E-state index contributed by atoms with van der Waals surface area (Å²) in [4.78, 5) is 12.2. The van der Waals surface area contributed by atoms with Crippen LogP contribution < -0.4 is 0 Å². The van der Waals surface area contributed by atoms with Gasteiger partial charge in [0.1, 0.15) is 11.3 Å². The minimum Gasteiger partial charge on any atom is -0.300 e. The van der Waals surface area contributed by atoms with Crippen LogP contribution in [0.15, 0.2) is 18.3 Å². The Morgan fingerprint density at radius 2 is 2.23 bits per heavy atom. The predicted octanol–water partition coefficient (Wildman–Crippen LogP) is 3.65. The average Bonchev–Trinajstić information content (AvgIpc) is 3.24. The van der Waals surface area contributed by atoms with Crippen LogP contribution in [0.3, 0.4) is 0 Å². The topological polar surface area (TPSA) is 34.0 Å². The molecule has 0 amide bonds. The Kier molecular flexibility index (Phi) is 3.86. The number of hydrogen-bond donors (Lipinski definition) is 0. The molecule has 2 aromatic heterocycles. The van der Waals surface area contributed by atoms with Crippen LogP contribution >= 0.6 is 11.8 Å². The highest BCUT2D eigenvalue weighted by Crippen LogP contribution is 2.41. The van der Waals surface area contributed by atoms with E-state index in [0.717, 1.165) is 17.7 Å². The van der Waals surface area contributed by atoms with E-state index in [2.05, 4.69) is 46.1 Å². The van der Waals surface area contributed by atoms with E-state index in [9.17, 15) is 0 Å². The van der Waals surface area contributed by atoms with Gasteiger partial charge in [-0.25, -0.2) is 9.97 Å². The SMILES string of the molecule is CC(C)N1CCC(c2nc3cccnc3n2C2CCCS2)C1. The van der Waals surface area contributed by atoms with Crippen molar-refractivity contribution >= 4 is 22.9 Å². The van der Waals surface area contributed by atoms with Crippen molar-refractivity contribution < 1.29 is 0 Å². The number of thioether (sulfide) groups is 1. The Hall–Kier alpha value is -1.07. The van der Waals surface area contributed by atoms with Gasteiger partial charge < -0.3 is 4.90 Å². The van der Waals surface area contributed by atoms with Gasteiger partial charge >= 0.3 is 0 Å². The maximum atomic E-state index is 4.99. The molecule has 2 atom stereocenters. The summed E-state index contributed by atoms with van der Waals surface area (Å²) < 4.78 is 2.46. The molecule has 2 aliphatic heterocycles. The first-order valence-electron chi connectivity index (χ1n) is 8.42. The minimum atomic E-state index is 0.531. The maximum absolute atomic E-state index is 4.99. The zero-order valence-electron chi connectivity index (χ0n) is 13.4. The van der Waals surface area contributed by atoms with E-state index in [-0.39, 0.29) is 0 Å². The first-order chi connectivity index (χ1) is 10.7. The second-order valence-corrected chi connectivity index (χ2v) is 8.01. The molecule has 0 radical (unpaired) electrons. The predicted molar refractivity (Wildman–Crippen MR) is 92.3 cm³/mol. The molecule has 0 bridgehead atoms. The largest absolute Gasteiger partial charge is 0.300 e. The summed E-state index contributed by atoms with van der Waals surface area (Å²) in [7, 11) is 0. The molecule has 118 valence electrons. The van der Waals surface area contributed by atoms with E-state index >= 15 is 0 Å². The van der Waals surface area contributed by atoms with Crippen LogP contribution in [0, 0.1) is 0 Å². The fourth-order valence-corrected chi connectivity index (χ4v) is 5.05. The number of imidazole rings is 1. The lowest BCUT2D eigenvalue weighted by molar-refractivity contribution is 0.271. The van der Waals surface area contributed by atoms with Crippen LogP contribution in [0.1, 0.15) is 50.2 Å². The number of likely N-dealkylation sites (tertiary alicyclic amines) is 1. The van der Waals surface area contributed by atoms with Crippen molar-refractivity contribution in [3.63, 3.8) is 0 Å². The molecule has 0 saturated carbocycles. The van der Waals surface area contributed by atoms with Gasteiger partial charge in [-0.15, -0.1) is 11.8 Å². The van der Waals surface area contributed by atoms with Crippen molar-refractivity contribution in [2.45, 2.75) is 50.4 Å². The van der Waals surface area contributed by atoms with Crippen LogP contribution in [0.2, 0.25) is 0 Å². The summed E-state index contributed by atoms with van der Waals surface area (Å²) in [6.07, 6.45) is 5.68. The molecule has 2 saturated heterocycles. The fourth-order valence-electron chi connectivity index (χ4n) is 3.75. The zero-order chi connectivity index (χ0) is 15.1. The number of nitrogens with zero attached hydrogens (tertiary/aromatic N) is 4. The molecule has 4 rings (SSSR count). The van der Waals surface area contributed by atoms with Crippen molar-refractivity contribution in [1.82, 2.24) is 19.4 Å². The number of aromatic nitrogens is 3. The third-order valence-electron chi connectivity index (χ3n) is 4.98. The lowest BCUT2D eigenvalue weighted by Gasteiger charge is -2.21. The molecular weight excluding hydrogens is 292 g/mol. The summed E-state index contributed by atoms with van der Waals surface area (Å²) in [5.74, 6) is 3.09. The summed E-state index contributed by atoms with van der Waals surface area (Å²) in [5.41, 5.74) is 2.15. The summed E-state index contributed by atoms with van der Waals surface area (Å²) in [5, 5.41) is 0.531. The van der Waals surface area contributed by atoms with Gasteiger partial charge in [-0.3, -0.25) is 4.57 Å². The van der Waals surface area contributed by atoms with Crippen LogP contribution in [0.5, 0.6) is 0 Å². The summed E-state index contributed by atoms with van der Waals surface area (Å²) in [6, 6.07) is 4.74. The van der Waals surface area contributed by atoms with Crippen molar-refractivity contribution in [2.75, 3.05) is 18.8 Å². The Morgan fingerprint density at radius 1 is 1.32 bits per heavy atom.